The van der Waals surface area contributed by atoms with Crippen molar-refractivity contribution >= 4 is 34.4 Å². The molecule has 1 aromatic carbocycles. The topological polar surface area (TPSA) is 110 Å². The fourth-order valence-corrected chi connectivity index (χ4v) is 2.77. The van der Waals surface area contributed by atoms with E-state index >= 15 is 0 Å². The number of fused-ring (bicyclic) bond motifs is 1. The van der Waals surface area contributed by atoms with Gasteiger partial charge in [-0.05, 0) is 24.3 Å². The number of aromatic nitrogens is 5. The Kier molecular flexibility index (Phi) is 5.25. The summed E-state index contributed by atoms with van der Waals surface area (Å²) in [5, 5.41) is 10.9. The highest BCUT2D eigenvalue weighted by molar-refractivity contribution is 5.99. The SMILES string of the molecule is C=CCn1ccc(Nc2nc(Oc3cccc(NC(=O)C=C)c3)c3cc[nH]c3n2)n1. The number of allylic oxidation sites excluding steroid dienone is 1. The zero-order valence-electron chi connectivity index (χ0n) is 16.0. The predicted molar refractivity (Wildman–Crippen MR) is 115 cm³/mol. The monoisotopic (exact) mass is 401 g/mol. The lowest BCUT2D eigenvalue weighted by atomic mass is 10.3. The van der Waals surface area contributed by atoms with Gasteiger partial charge in [0.2, 0.25) is 17.7 Å². The maximum atomic E-state index is 11.5. The molecule has 0 aliphatic rings. The highest BCUT2D eigenvalue weighted by Gasteiger charge is 2.12. The minimum atomic E-state index is -0.301. The standard InChI is InChI=1S/C21H19N7O2/c1-3-11-28-12-9-17(27-28)24-21-25-19-16(8-10-22-19)20(26-21)30-15-7-5-6-14(13-15)23-18(29)4-2/h3-10,12-13H,1-2,11H2,(H,23,29)(H2,22,24,25,26,27). The lowest BCUT2D eigenvalue weighted by Gasteiger charge is -2.10. The van der Waals surface area contributed by atoms with E-state index in [-0.39, 0.29) is 5.91 Å². The summed E-state index contributed by atoms with van der Waals surface area (Å²) in [6.07, 6.45) is 6.55. The Balaban J connectivity index is 1.61. The average molecular weight is 401 g/mol. The minimum Gasteiger partial charge on any atom is -0.438 e. The van der Waals surface area contributed by atoms with E-state index in [1.807, 2.05) is 18.3 Å². The van der Waals surface area contributed by atoms with Gasteiger partial charge in [-0.25, -0.2) is 0 Å². The first kappa shape index (κ1) is 18.9. The molecular formula is C21H19N7O2. The van der Waals surface area contributed by atoms with E-state index in [0.29, 0.717) is 41.3 Å². The Bertz CT molecular complexity index is 1230. The molecule has 0 fully saturated rings. The van der Waals surface area contributed by atoms with Crippen molar-refractivity contribution in [2.45, 2.75) is 6.54 Å². The molecule has 0 aliphatic carbocycles. The number of ether oxygens (including phenoxy) is 1. The molecule has 3 heterocycles. The van der Waals surface area contributed by atoms with Gasteiger partial charge >= 0.3 is 0 Å². The molecule has 30 heavy (non-hydrogen) atoms. The zero-order valence-corrected chi connectivity index (χ0v) is 16.0. The average Bonchev–Trinajstić information content (AvgIpc) is 3.38. The summed E-state index contributed by atoms with van der Waals surface area (Å²) in [5.74, 6) is 1.51. The molecule has 4 rings (SSSR count). The summed E-state index contributed by atoms with van der Waals surface area (Å²) in [6.45, 7) is 7.75. The second kappa shape index (κ2) is 8.31. The summed E-state index contributed by atoms with van der Waals surface area (Å²) in [5.41, 5.74) is 1.20. The molecule has 4 aromatic rings. The van der Waals surface area contributed by atoms with Gasteiger partial charge in [0.25, 0.3) is 0 Å². The third-order valence-corrected chi connectivity index (χ3v) is 4.08. The van der Waals surface area contributed by atoms with Gasteiger partial charge in [0.15, 0.2) is 5.82 Å². The normalized spacial score (nSPS) is 10.5. The molecule has 1 amide bonds. The Morgan fingerprint density at radius 1 is 1.23 bits per heavy atom. The van der Waals surface area contributed by atoms with Crippen molar-refractivity contribution < 1.29 is 9.53 Å². The van der Waals surface area contributed by atoms with Gasteiger partial charge in [-0.1, -0.05) is 18.7 Å². The highest BCUT2D eigenvalue weighted by atomic mass is 16.5. The van der Waals surface area contributed by atoms with Crippen LogP contribution < -0.4 is 15.4 Å². The lowest BCUT2D eigenvalue weighted by molar-refractivity contribution is -0.111. The second-order valence-corrected chi connectivity index (χ2v) is 6.25. The number of amides is 1. The molecule has 0 spiro atoms. The summed E-state index contributed by atoms with van der Waals surface area (Å²) < 4.78 is 7.74. The maximum Gasteiger partial charge on any atom is 0.247 e. The smallest absolute Gasteiger partial charge is 0.247 e. The molecule has 0 saturated carbocycles. The van der Waals surface area contributed by atoms with Crippen LogP contribution in [0.1, 0.15) is 0 Å². The largest absolute Gasteiger partial charge is 0.438 e. The fourth-order valence-electron chi connectivity index (χ4n) is 2.77. The van der Waals surface area contributed by atoms with Crippen molar-refractivity contribution in [1.82, 2.24) is 24.7 Å². The van der Waals surface area contributed by atoms with Gasteiger partial charge in [0, 0.05) is 30.2 Å². The first-order chi connectivity index (χ1) is 14.6. The molecule has 9 heteroatoms. The molecule has 3 aromatic heterocycles. The summed E-state index contributed by atoms with van der Waals surface area (Å²) >= 11 is 0. The van der Waals surface area contributed by atoms with Crippen LogP contribution in [0, 0.1) is 0 Å². The van der Waals surface area contributed by atoms with Crippen LogP contribution in [-0.4, -0.2) is 30.6 Å². The van der Waals surface area contributed by atoms with Crippen molar-refractivity contribution in [3.05, 3.63) is 74.1 Å². The molecule has 0 bridgehead atoms. The van der Waals surface area contributed by atoms with E-state index < -0.39 is 0 Å². The van der Waals surface area contributed by atoms with Crippen LogP contribution in [0.25, 0.3) is 11.0 Å². The number of nitrogens with one attached hydrogen (secondary N) is 3. The number of hydrogen-bond acceptors (Lipinski definition) is 6. The number of carbonyl (C=O) groups excluding carboxylic acids is 1. The van der Waals surface area contributed by atoms with Crippen molar-refractivity contribution in [2.24, 2.45) is 0 Å². The Morgan fingerprint density at radius 2 is 2.13 bits per heavy atom. The molecule has 0 aliphatic heterocycles. The lowest BCUT2D eigenvalue weighted by Crippen LogP contribution is -2.07. The quantitative estimate of drug-likeness (QED) is 0.304. The van der Waals surface area contributed by atoms with E-state index in [1.54, 1.807) is 41.2 Å². The number of aromatic amines is 1. The van der Waals surface area contributed by atoms with Crippen LogP contribution in [0.3, 0.4) is 0 Å². The summed E-state index contributed by atoms with van der Waals surface area (Å²) in [6, 6.07) is 10.6. The predicted octanol–water partition coefficient (Wildman–Crippen LogP) is 4.00. The molecule has 0 radical (unpaired) electrons. The molecule has 9 nitrogen and oxygen atoms in total. The van der Waals surface area contributed by atoms with Gasteiger partial charge < -0.3 is 20.4 Å². The maximum absolute atomic E-state index is 11.5. The van der Waals surface area contributed by atoms with E-state index in [2.05, 4.69) is 43.8 Å². The number of nitrogens with zero attached hydrogens (tertiary/aromatic N) is 4. The Hall–Kier alpha value is -4.40. The van der Waals surface area contributed by atoms with E-state index in [4.69, 9.17) is 4.74 Å². The van der Waals surface area contributed by atoms with Gasteiger partial charge in [-0.3, -0.25) is 9.48 Å². The fraction of sp³-hybridized carbons (Fsp3) is 0.0476. The number of rotatable bonds is 8. The highest BCUT2D eigenvalue weighted by Crippen LogP contribution is 2.30. The Morgan fingerprint density at radius 3 is 2.97 bits per heavy atom. The number of anilines is 3. The summed E-state index contributed by atoms with van der Waals surface area (Å²) in [7, 11) is 0. The molecule has 0 unspecified atom stereocenters. The van der Waals surface area contributed by atoms with Gasteiger partial charge in [-0.15, -0.1) is 6.58 Å². The second-order valence-electron chi connectivity index (χ2n) is 6.25. The molecular weight excluding hydrogens is 382 g/mol. The zero-order chi connectivity index (χ0) is 20.9. The summed E-state index contributed by atoms with van der Waals surface area (Å²) in [4.78, 5) is 23.5. The van der Waals surface area contributed by atoms with Crippen molar-refractivity contribution in [3.63, 3.8) is 0 Å². The number of H-pyrrole nitrogens is 1. The van der Waals surface area contributed by atoms with E-state index in [1.165, 1.54) is 6.08 Å². The van der Waals surface area contributed by atoms with Crippen LogP contribution in [0.15, 0.2) is 74.1 Å². The van der Waals surface area contributed by atoms with Gasteiger partial charge in [0.1, 0.15) is 11.4 Å². The van der Waals surface area contributed by atoms with Crippen molar-refractivity contribution in [1.29, 1.82) is 0 Å². The van der Waals surface area contributed by atoms with Crippen LogP contribution in [0.5, 0.6) is 11.6 Å². The molecule has 150 valence electrons. The van der Waals surface area contributed by atoms with E-state index in [0.717, 1.165) is 5.39 Å². The number of hydrogen-bond donors (Lipinski definition) is 3. The molecule has 3 N–H and O–H groups in total. The molecule has 0 atom stereocenters. The first-order valence-electron chi connectivity index (χ1n) is 9.12. The molecule has 0 saturated heterocycles. The Labute approximate surface area is 172 Å². The number of benzene rings is 1. The minimum absolute atomic E-state index is 0.301. The first-order valence-corrected chi connectivity index (χ1v) is 9.12. The van der Waals surface area contributed by atoms with Crippen LogP contribution in [-0.2, 0) is 11.3 Å². The number of carbonyl (C=O) groups is 1. The van der Waals surface area contributed by atoms with Crippen LogP contribution in [0.4, 0.5) is 17.5 Å². The van der Waals surface area contributed by atoms with Crippen molar-refractivity contribution in [2.75, 3.05) is 10.6 Å². The van der Waals surface area contributed by atoms with Crippen LogP contribution >= 0.6 is 0 Å². The van der Waals surface area contributed by atoms with E-state index in [9.17, 15) is 4.79 Å². The van der Waals surface area contributed by atoms with Gasteiger partial charge in [-0.2, -0.15) is 15.1 Å². The van der Waals surface area contributed by atoms with Gasteiger partial charge in [0.05, 0.1) is 11.9 Å². The van der Waals surface area contributed by atoms with Crippen molar-refractivity contribution in [3.8, 4) is 11.6 Å². The van der Waals surface area contributed by atoms with Crippen LogP contribution in [0.2, 0.25) is 0 Å². The third kappa shape index (κ3) is 4.20. The third-order valence-electron chi connectivity index (χ3n) is 4.08.